The number of hydrogen-bond acceptors (Lipinski definition) is 3. The zero-order valence-electron chi connectivity index (χ0n) is 12.2. The van der Waals surface area contributed by atoms with Crippen LogP contribution >= 0.6 is 0 Å². The summed E-state index contributed by atoms with van der Waals surface area (Å²) in [5.41, 5.74) is 0. The van der Waals surface area contributed by atoms with E-state index in [1.807, 2.05) is 27.7 Å². The molecule has 0 spiro atoms. The van der Waals surface area contributed by atoms with Crippen molar-refractivity contribution >= 4 is 12.0 Å². The first kappa shape index (κ1) is 17.7. The molecule has 112 valence electrons. The average Bonchev–Trinajstić information content (AvgIpc) is 2.27. The Morgan fingerprint density at radius 3 is 2.16 bits per heavy atom. The molecule has 1 atom stereocenters. The summed E-state index contributed by atoms with van der Waals surface area (Å²) in [5.74, 6) is -0.834. The van der Waals surface area contributed by atoms with E-state index in [1.165, 1.54) is 4.90 Å². The second-order valence-electron chi connectivity index (χ2n) is 5.33. The Balaban J connectivity index is 4.61. The predicted octanol–water partition coefficient (Wildman–Crippen LogP) is 1.29. The van der Waals surface area contributed by atoms with Gasteiger partial charge in [-0.2, -0.15) is 0 Å². The van der Waals surface area contributed by atoms with Gasteiger partial charge in [-0.3, -0.25) is 0 Å². The van der Waals surface area contributed by atoms with Crippen molar-refractivity contribution in [2.75, 3.05) is 13.2 Å². The summed E-state index contributed by atoms with van der Waals surface area (Å²) in [6, 6.07) is -1.31. The molecule has 6 heteroatoms. The number of aliphatic carboxylic acids is 1. The van der Waals surface area contributed by atoms with Crippen molar-refractivity contribution in [1.82, 2.24) is 10.2 Å². The van der Waals surface area contributed by atoms with E-state index in [9.17, 15) is 9.59 Å². The molecule has 0 saturated heterocycles. The Bertz CT molecular complexity index is 292. The maximum absolute atomic E-state index is 12.1. The van der Waals surface area contributed by atoms with E-state index in [1.54, 1.807) is 0 Å². The fourth-order valence-electron chi connectivity index (χ4n) is 1.76. The lowest BCUT2D eigenvalue weighted by Crippen LogP contribution is -2.50. The monoisotopic (exact) mass is 274 g/mol. The number of carbonyl (C=O) groups excluding carboxylic acids is 1. The van der Waals surface area contributed by atoms with Gasteiger partial charge in [0.1, 0.15) is 6.04 Å². The fraction of sp³-hybridized carbons (Fsp3) is 0.846. The first-order valence-electron chi connectivity index (χ1n) is 6.70. The number of carbonyl (C=O) groups is 2. The molecule has 6 nitrogen and oxygen atoms in total. The van der Waals surface area contributed by atoms with Crippen molar-refractivity contribution in [1.29, 1.82) is 0 Å². The van der Waals surface area contributed by atoms with Crippen LogP contribution in [0.5, 0.6) is 0 Å². The van der Waals surface area contributed by atoms with Crippen molar-refractivity contribution < 1.29 is 19.8 Å². The molecule has 0 rings (SSSR count). The fourth-order valence-corrected chi connectivity index (χ4v) is 1.76. The van der Waals surface area contributed by atoms with E-state index in [4.69, 9.17) is 10.2 Å². The van der Waals surface area contributed by atoms with Crippen LogP contribution in [-0.4, -0.2) is 52.3 Å². The Kier molecular flexibility index (Phi) is 8.14. The minimum atomic E-state index is -1.02. The quantitative estimate of drug-likeness (QED) is 0.622. The average molecular weight is 274 g/mol. The van der Waals surface area contributed by atoms with Crippen molar-refractivity contribution in [2.45, 2.75) is 52.6 Å². The van der Waals surface area contributed by atoms with E-state index in [-0.39, 0.29) is 18.6 Å². The molecular formula is C13H26N2O4. The van der Waals surface area contributed by atoms with Crippen molar-refractivity contribution in [3.8, 4) is 0 Å². The lowest BCUT2D eigenvalue weighted by atomic mass is 10.0. The number of urea groups is 1. The predicted molar refractivity (Wildman–Crippen MR) is 73.0 cm³/mol. The molecule has 3 N–H and O–H groups in total. The molecule has 0 radical (unpaired) electrons. The number of carboxylic acid groups (broad SMARTS) is 1. The van der Waals surface area contributed by atoms with Gasteiger partial charge in [0.2, 0.25) is 0 Å². The molecule has 0 aromatic rings. The molecule has 0 aliphatic rings. The lowest BCUT2D eigenvalue weighted by Gasteiger charge is -2.28. The standard InChI is InChI=1S/C13H26N2O4/c1-9(2)8-11(12(17)18)14-13(19)15(10(3)4)6-5-7-16/h9-11,16H,5-8H2,1-4H3,(H,14,19)(H,17,18)/t11-/m1/s1. The summed E-state index contributed by atoms with van der Waals surface area (Å²) in [4.78, 5) is 24.7. The van der Waals surface area contributed by atoms with Crippen LogP contribution in [0, 0.1) is 5.92 Å². The molecule has 0 fully saturated rings. The third kappa shape index (κ3) is 7.00. The smallest absolute Gasteiger partial charge is 0.326 e. The van der Waals surface area contributed by atoms with Gasteiger partial charge >= 0.3 is 12.0 Å². The normalized spacial score (nSPS) is 12.6. The molecule has 0 aromatic carbocycles. The lowest BCUT2D eigenvalue weighted by molar-refractivity contribution is -0.139. The summed E-state index contributed by atoms with van der Waals surface area (Å²) in [6.07, 6.45) is 0.876. The summed E-state index contributed by atoms with van der Waals surface area (Å²) in [5, 5.41) is 20.5. The minimum Gasteiger partial charge on any atom is -0.480 e. The number of nitrogens with zero attached hydrogens (tertiary/aromatic N) is 1. The largest absolute Gasteiger partial charge is 0.480 e. The van der Waals surface area contributed by atoms with Gasteiger partial charge in [0, 0.05) is 19.2 Å². The van der Waals surface area contributed by atoms with Gasteiger partial charge in [0.15, 0.2) is 0 Å². The summed E-state index contributed by atoms with van der Waals surface area (Å²) < 4.78 is 0. The second kappa shape index (κ2) is 8.74. The van der Waals surface area contributed by atoms with Crippen LogP contribution in [0.3, 0.4) is 0 Å². The third-order valence-corrected chi connectivity index (χ3v) is 2.74. The number of rotatable bonds is 8. The van der Waals surface area contributed by atoms with Gasteiger partial charge in [-0.1, -0.05) is 13.8 Å². The summed E-state index contributed by atoms with van der Waals surface area (Å²) in [7, 11) is 0. The van der Waals surface area contributed by atoms with Gasteiger partial charge in [-0.05, 0) is 32.6 Å². The number of aliphatic hydroxyl groups excluding tert-OH is 1. The first-order valence-corrected chi connectivity index (χ1v) is 6.70. The number of nitrogens with one attached hydrogen (secondary N) is 1. The molecule has 0 unspecified atom stereocenters. The highest BCUT2D eigenvalue weighted by Crippen LogP contribution is 2.07. The molecule has 0 saturated carbocycles. The highest BCUT2D eigenvalue weighted by atomic mass is 16.4. The van der Waals surface area contributed by atoms with Crippen molar-refractivity contribution in [2.24, 2.45) is 5.92 Å². The van der Waals surface area contributed by atoms with E-state index in [0.29, 0.717) is 19.4 Å². The van der Waals surface area contributed by atoms with Gasteiger partial charge < -0.3 is 20.4 Å². The molecule has 0 bridgehead atoms. The SMILES string of the molecule is CC(C)C[C@@H](NC(=O)N(CCCO)C(C)C)C(=O)O. The molecule has 0 aliphatic heterocycles. The highest BCUT2D eigenvalue weighted by molar-refractivity contribution is 5.82. The van der Waals surface area contributed by atoms with Crippen LogP contribution in [0.4, 0.5) is 4.79 Å². The summed E-state index contributed by atoms with van der Waals surface area (Å²) in [6.45, 7) is 7.95. The second-order valence-corrected chi connectivity index (χ2v) is 5.33. The molecule has 19 heavy (non-hydrogen) atoms. The molecule has 2 amide bonds. The van der Waals surface area contributed by atoms with Crippen LogP contribution < -0.4 is 5.32 Å². The molecule has 0 heterocycles. The van der Waals surface area contributed by atoms with E-state index in [2.05, 4.69) is 5.32 Å². The van der Waals surface area contributed by atoms with E-state index in [0.717, 1.165) is 0 Å². The van der Waals surface area contributed by atoms with Crippen LogP contribution in [0.15, 0.2) is 0 Å². The van der Waals surface area contributed by atoms with Gasteiger partial charge in [-0.15, -0.1) is 0 Å². The van der Waals surface area contributed by atoms with Crippen LogP contribution in [-0.2, 0) is 4.79 Å². The number of amides is 2. The summed E-state index contributed by atoms with van der Waals surface area (Å²) >= 11 is 0. The maximum Gasteiger partial charge on any atom is 0.326 e. The molecular weight excluding hydrogens is 248 g/mol. The Morgan fingerprint density at radius 1 is 1.21 bits per heavy atom. The molecule has 0 aromatic heterocycles. The zero-order valence-corrected chi connectivity index (χ0v) is 12.2. The van der Waals surface area contributed by atoms with Crippen LogP contribution in [0.25, 0.3) is 0 Å². The van der Waals surface area contributed by atoms with Gasteiger partial charge in [-0.25, -0.2) is 9.59 Å². The minimum absolute atomic E-state index is 0.00481. The zero-order chi connectivity index (χ0) is 15.0. The Labute approximate surface area is 114 Å². The topological polar surface area (TPSA) is 89.9 Å². The number of carboxylic acids is 1. The number of hydrogen-bond donors (Lipinski definition) is 3. The number of aliphatic hydroxyl groups is 1. The first-order chi connectivity index (χ1) is 8.79. The van der Waals surface area contributed by atoms with Crippen molar-refractivity contribution in [3.63, 3.8) is 0 Å². The van der Waals surface area contributed by atoms with Gasteiger partial charge in [0.25, 0.3) is 0 Å². The van der Waals surface area contributed by atoms with E-state index >= 15 is 0 Å². The third-order valence-electron chi connectivity index (χ3n) is 2.74. The van der Waals surface area contributed by atoms with Crippen molar-refractivity contribution in [3.05, 3.63) is 0 Å². The van der Waals surface area contributed by atoms with Crippen LogP contribution in [0.2, 0.25) is 0 Å². The Hall–Kier alpha value is -1.30. The maximum atomic E-state index is 12.1. The Morgan fingerprint density at radius 2 is 1.79 bits per heavy atom. The van der Waals surface area contributed by atoms with E-state index < -0.39 is 18.0 Å². The highest BCUT2D eigenvalue weighted by Gasteiger charge is 2.24. The molecule has 0 aliphatic carbocycles. The van der Waals surface area contributed by atoms with Crippen LogP contribution in [0.1, 0.15) is 40.5 Å². The van der Waals surface area contributed by atoms with Gasteiger partial charge in [0.05, 0.1) is 0 Å².